The second kappa shape index (κ2) is 8.67. The molecule has 2 aromatic rings. The minimum atomic E-state index is -0.478. The van der Waals surface area contributed by atoms with Gasteiger partial charge in [0, 0.05) is 5.02 Å². The molecule has 0 aliphatic rings. The molecule has 2 unspecified atom stereocenters. The van der Waals surface area contributed by atoms with Crippen LogP contribution >= 0.6 is 11.6 Å². The first-order valence-electron chi connectivity index (χ1n) is 6.70. The molecule has 2 rings (SSSR count). The van der Waals surface area contributed by atoms with Crippen molar-refractivity contribution in [3.05, 3.63) is 64.7 Å². The highest BCUT2D eigenvalue weighted by molar-refractivity contribution is 6.31. The van der Waals surface area contributed by atoms with Gasteiger partial charge in [-0.1, -0.05) is 41.9 Å². The predicted octanol–water partition coefficient (Wildman–Crippen LogP) is 4.14. The quantitative estimate of drug-likeness (QED) is 0.896. The van der Waals surface area contributed by atoms with E-state index in [-0.39, 0.29) is 0 Å². The third-order valence-electron chi connectivity index (χ3n) is 2.95. The molecule has 0 bridgehead atoms. The Hall–Kier alpha value is -1.55. The second-order valence-electron chi connectivity index (χ2n) is 4.65. The van der Waals surface area contributed by atoms with Crippen molar-refractivity contribution in [3.8, 4) is 5.75 Å². The van der Waals surface area contributed by atoms with Crippen molar-refractivity contribution in [1.82, 2.24) is 0 Å². The van der Waals surface area contributed by atoms with Gasteiger partial charge in [-0.05, 0) is 43.2 Å². The van der Waals surface area contributed by atoms with Gasteiger partial charge in [-0.25, -0.2) is 0 Å². The Bertz CT molecular complexity index is 536. The molecule has 2 N–H and O–H groups in total. The number of ether oxygens (including phenoxy) is 1. The lowest BCUT2D eigenvalue weighted by molar-refractivity contribution is 0.199. The van der Waals surface area contributed by atoms with Crippen LogP contribution in [0.25, 0.3) is 0 Å². The van der Waals surface area contributed by atoms with Crippen LogP contribution in [0.5, 0.6) is 5.75 Å². The highest BCUT2D eigenvalue weighted by Gasteiger charge is 2.03. The van der Waals surface area contributed by atoms with E-state index in [0.29, 0.717) is 5.02 Å². The normalized spacial score (nSPS) is 12.9. The molecule has 0 spiro atoms. The Labute approximate surface area is 130 Å². The first-order valence-corrected chi connectivity index (χ1v) is 7.08. The lowest BCUT2D eigenvalue weighted by atomic mass is 10.1. The van der Waals surface area contributed by atoms with Gasteiger partial charge in [0.25, 0.3) is 0 Å². The molecule has 0 aliphatic heterocycles. The molecule has 114 valence electrons. The number of aliphatic hydroxyl groups excluding tert-OH is 2. The average Bonchev–Trinajstić information content (AvgIpc) is 2.48. The molecule has 0 saturated heterocycles. The summed E-state index contributed by atoms with van der Waals surface area (Å²) in [7, 11) is 1.62. The molecule has 0 fully saturated rings. The number of hydrogen-bond donors (Lipinski definition) is 2. The van der Waals surface area contributed by atoms with Crippen molar-refractivity contribution in [2.45, 2.75) is 26.1 Å². The molecule has 4 heteroatoms. The van der Waals surface area contributed by atoms with Gasteiger partial charge in [0.05, 0.1) is 19.3 Å². The highest BCUT2D eigenvalue weighted by atomic mass is 35.5. The predicted molar refractivity (Wildman–Crippen MR) is 85.7 cm³/mol. The van der Waals surface area contributed by atoms with E-state index in [1.165, 1.54) is 0 Å². The largest absolute Gasteiger partial charge is 0.497 e. The zero-order chi connectivity index (χ0) is 15.8. The maximum absolute atomic E-state index is 9.15. The lowest BCUT2D eigenvalue weighted by Gasteiger charge is -2.04. The first-order chi connectivity index (χ1) is 9.95. The van der Waals surface area contributed by atoms with E-state index >= 15 is 0 Å². The molecule has 0 amide bonds. The lowest BCUT2D eigenvalue weighted by Crippen LogP contribution is -1.90. The fourth-order valence-electron chi connectivity index (χ4n) is 1.70. The summed E-state index contributed by atoms with van der Waals surface area (Å²) in [6.07, 6.45) is -0.880. The van der Waals surface area contributed by atoms with Gasteiger partial charge in [0.1, 0.15) is 5.75 Å². The van der Waals surface area contributed by atoms with Crippen molar-refractivity contribution in [1.29, 1.82) is 0 Å². The van der Waals surface area contributed by atoms with E-state index in [4.69, 9.17) is 26.6 Å². The van der Waals surface area contributed by atoms with E-state index in [9.17, 15) is 0 Å². The van der Waals surface area contributed by atoms with Gasteiger partial charge in [0.15, 0.2) is 0 Å². The number of halogens is 1. The third kappa shape index (κ3) is 5.76. The van der Waals surface area contributed by atoms with Crippen molar-refractivity contribution >= 4 is 11.6 Å². The van der Waals surface area contributed by atoms with Gasteiger partial charge >= 0.3 is 0 Å². The summed E-state index contributed by atoms with van der Waals surface area (Å²) in [5, 5.41) is 18.9. The maximum atomic E-state index is 9.15. The van der Waals surface area contributed by atoms with Crippen LogP contribution in [0.4, 0.5) is 0 Å². The van der Waals surface area contributed by atoms with Crippen molar-refractivity contribution < 1.29 is 14.9 Å². The fraction of sp³-hybridized carbons (Fsp3) is 0.294. The molecule has 0 radical (unpaired) electrons. The molecule has 21 heavy (non-hydrogen) atoms. The summed E-state index contributed by atoms with van der Waals surface area (Å²) in [5.74, 6) is 0.814. The smallest absolute Gasteiger partial charge is 0.118 e. The van der Waals surface area contributed by atoms with E-state index in [0.717, 1.165) is 16.9 Å². The molecule has 0 saturated carbocycles. The molecule has 2 atom stereocenters. The summed E-state index contributed by atoms with van der Waals surface area (Å²) < 4.78 is 4.97. The van der Waals surface area contributed by atoms with Crippen LogP contribution in [0.1, 0.15) is 37.2 Å². The summed E-state index contributed by atoms with van der Waals surface area (Å²) in [4.78, 5) is 0. The van der Waals surface area contributed by atoms with Gasteiger partial charge < -0.3 is 14.9 Å². The molecule has 0 aliphatic carbocycles. The Balaban J connectivity index is 0.000000211. The Morgan fingerprint density at radius 2 is 1.48 bits per heavy atom. The van der Waals surface area contributed by atoms with Crippen LogP contribution in [-0.2, 0) is 0 Å². The van der Waals surface area contributed by atoms with Gasteiger partial charge in [-0.3, -0.25) is 0 Å². The standard InChI is InChI=1S/C9H12O2.C8H9ClO/c1-7(10)8-3-5-9(11-2)6-4-8;1-6(10)7-4-2-3-5-8(7)9/h3-7,10H,1-2H3;2-6,10H,1H3. The Morgan fingerprint density at radius 1 is 0.905 bits per heavy atom. The van der Waals surface area contributed by atoms with Crippen molar-refractivity contribution in [3.63, 3.8) is 0 Å². The van der Waals surface area contributed by atoms with Gasteiger partial charge in [-0.2, -0.15) is 0 Å². The average molecular weight is 309 g/mol. The highest BCUT2D eigenvalue weighted by Crippen LogP contribution is 2.21. The molecule has 0 heterocycles. The van der Waals surface area contributed by atoms with Gasteiger partial charge in [-0.15, -0.1) is 0 Å². The van der Waals surface area contributed by atoms with E-state index < -0.39 is 12.2 Å². The van der Waals surface area contributed by atoms with Crippen LogP contribution in [0.15, 0.2) is 48.5 Å². The molecule has 0 aromatic heterocycles. The third-order valence-corrected chi connectivity index (χ3v) is 3.30. The van der Waals surface area contributed by atoms with Crippen LogP contribution in [0, 0.1) is 0 Å². The first kappa shape index (κ1) is 17.5. The van der Waals surface area contributed by atoms with E-state index in [2.05, 4.69) is 0 Å². The summed E-state index contributed by atoms with van der Waals surface area (Å²) in [6.45, 7) is 3.43. The fourth-order valence-corrected chi connectivity index (χ4v) is 1.99. The number of methoxy groups -OCH3 is 1. The van der Waals surface area contributed by atoms with Crippen molar-refractivity contribution in [2.24, 2.45) is 0 Å². The van der Waals surface area contributed by atoms with E-state index in [1.54, 1.807) is 27.0 Å². The number of hydrogen-bond acceptors (Lipinski definition) is 3. The maximum Gasteiger partial charge on any atom is 0.118 e. The van der Waals surface area contributed by atoms with Gasteiger partial charge in [0.2, 0.25) is 0 Å². The minimum Gasteiger partial charge on any atom is -0.497 e. The number of benzene rings is 2. The minimum absolute atomic E-state index is 0.402. The zero-order valence-electron chi connectivity index (χ0n) is 12.5. The SMILES string of the molecule is CC(O)c1ccccc1Cl.COc1ccc(C(C)O)cc1. The van der Waals surface area contributed by atoms with E-state index in [1.807, 2.05) is 42.5 Å². The molecule has 2 aromatic carbocycles. The number of aliphatic hydroxyl groups is 2. The second-order valence-corrected chi connectivity index (χ2v) is 5.05. The Kier molecular flexibility index (Phi) is 7.23. The summed E-state index contributed by atoms with van der Waals surface area (Å²) >= 11 is 5.76. The van der Waals surface area contributed by atoms with Crippen molar-refractivity contribution in [2.75, 3.05) is 7.11 Å². The molecular weight excluding hydrogens is 288 g/mol. The van der Waals surface area contributed by atoms with Crippen LogP contribution in [-0.4, -0.2) is 17.3 Å². The Morgan fingerprint density at radius 3 is 1.86 bits per heavy atom. The van der Waals surface area contributed by atoms with Crippen LogP contribution in [0.2, 0.25) is 5.02 Å². The summed E-state index contributed by atoms with van der Waals surface area (Å²) in [5.41, 5.74) is 1.69. The topological polar surface area (TPSA) is 49.7 Å². The monoisotopic (exact) mass is 308 g/mol. The number of rotatable bonds is 3. The molecule has 3 nitrogen and oxygen atoms in total. The molecular formula is C17H21ClO3. The van der Waals surface area contributed by atoms with Crippen LogP contribution < -0.4 is 4.74 Å². The van der Waals surface area contributed by atoms with Crippen LogP contribution in [0.3, 0.4) is 0 Å². The summed E-state index contributed by atoms with van der Waals surface area (Å²) in [6, 6.07) is 14.6. The zero-order valence-corrected chi connectivity index (χ0v) is 13.2.